The Morgan fingerprint density at radius 1 is 0.889 bits per heavy atom. The smallest absolute Gasteiger partial charge is 0.0146 e. The van der Waals surface area contributed by atoms with Crippen LogP contribution in [0.4, 0.5) is 0 Å². The summed E-state index contributed by atoms with van der Waals surface area (Å²) in [6, 6.07) is 0. The fourth-order valence-electron chi connectivity index (χ4n) is 10.1. The summed E-state index contributed by atoms with van der Waals surface area (Å²) in [5.41, 5.74) is 5.74. The van der Waals surface area contributed by atoms with Crippen LogP contribution in [0.1, 0.15) is 126 Å². The Hall–Kier alpha value is -1.04. The van der Waals surface area contributed by atoms with Crippen molar-refractivity contribution >= 4 is 0 Å². The molecule has 0 heteroatoms. The molecule has 4 aliphatic rings. The molecule has 36 heavy (non-hydrogen) atoms. The molecule has 4 saturated carbocycles. The van der Waals surface area contributed by atoms with Crippen molar-refractivity contribution in [3.8, 4) is 0 Å². The summed E-state index contributed by atoms with van der Waals surface area (Å²) in [7, 11) is 0. The average molecular weight is 491 g/mol. The molecule has 0 aromatic heterocycles. The van der Waals surface area contributed by atoms with E-state index in [1.54, 1.807) is 5.57 Å². The molecule has 0 amide bonds. The third kappa shape index (κ3) is 5.14. The van der Waals surface area contributed by atoms with Gasteiger partial charge in [0.15, 0.2) is 0 Å². The molecule has 0 aromatic rings. The van der Waals surface area contributed by atoms with Crippen molar-refractivity contribution in [3.63, 3.8) is 0 Å². The van der Waals surface area contributed by atoms with Crippen molar-refractivity contribution in [2.45, 2.75) is 126 Å². The lowest BCUT2D eigenvalue weighted by molar-refractivity contribution is -0.127. The van der Waals surface area contributed by atoms with E-state index in [-0.39, 0.29) is 0 Å². The molecule has 0 bridgehead atoms. The van der Waals surface area contributed by atoms with Gasteiger partial charge in [-0.15, -0.1) is 0 Å². The number of allylic oxidation sites excluding steroid dienone is 6. The van der Waals surface area contributed by atoms with Gasteiger partial charge >= 0.3 is 0 Å². The molecule has 0 aromatic carbocycles. The molecule has 0 spiro atoms. The summed E-state index contributed by atoms with van der Waals surface area (Å²) < 4.78 is 0. The van der Waals surface area contributed by atoms with Crippen molar-refractivity contribution in [2.24, 2.45) is 51.8 Å². The lowest BCUT2D eigenvalue weighted by Gasteiger charge is -2.63. The fourth-order valence-corrected chi connectivity index (χ4v) is 10.1. The SMILES string of the molecule is C=C/C(=C\C(C)C/C(=C\C)[C@@H]1CCC[C@H]2[C@@H]3CCC4CCC(C)(C)CC[C@]4(C)[C@H]3CC[C@]12C)C(=C)C. The van der Waals surface area contributed by atoms with Crippen LogP contribution < -0.4 is 0 Å². The highest BCUT2D eigenvalue weighted by molar-refractivity contribution is 5.36. The van der Waals surface area contributed by atoms with Gasteiger partial charge in [-0.1, -0.05) is 83.6 Å². The van der Waals surface area contributed by atoms with Crippen LogP contribution in [0.15, 0.2) is 48.1 Å². The predicted octanol–water partition coefficient (Wildman–Crippen LogP) is 11.1. The zero-order valence-corrected chi connectivity index (χ0v) is 25.1. The van der Waals surface area contributed by atoms with Gasteiger partial charge in [0.1, 0.15) is 0 Å². The molecule has 2 unspecified atom stereocenters. The Bertz CT molecular complexity index is 882. The number of fused-ring (bicyclic) bond motifs is 5. The summed E-state index contributed by atoms with van der Waals surface area (Å²) in [6.07, 6.45) is 24.3. The summed E-state index contributed by atoms with van der Waals surface area (Å²) in [4.78, 5) is 0. The number of rotatable bonds is 6. The largest absolute Gasteiger partial charge is 0.0985 e. The number of hydrogen-bond donors (Lipinski definition) is 0. The highest BCUT2D eigenvalue weighted by Gasteiger charge is 2.58. The van der Waals surface area contributed by atoms with Crippen molar-refractivity contribution in [3.05, 3.63) is 48.1 Å². The van der Waals surface area contributed by atoms with E-state index < -0.39 is 0 Å². The van der Waals surface area contributed by atoms with Gasteiger partial charge in [0.05, 0.1) is 0 Å². The predicted molar refractivity (Wildman–Crippen MR) is 159 cm³/mol. The van der Waals surface area contributed by atoms with E-state index in [1.807, 2.05) is 6.08 Å². The lowest BCUT2D eigenvalue weighted by Crippen LogP contribution is -2.55. The standard InChI is InChI=1S/C36H58/c1-10-27(25(3)4)23-26(5)24-28(11-2)31-13-12-14-32-30-16-15-29-17-19-34(6,7)21-22-35(29,8)33(30)18-20-36(31,32)9/h10-11,23,26,29-33H,1,3,12-22,24H2,2,4-9H3/b27-23+,28-11+/t26?,29?,30-,31-,32-,33-,35-,36+/m0/s1. The summed E-state index contributed by atoms with van der Waals surface area (Å²) >= 11 is 0. The fraction of sp³-hybridized carbons (Fsp3) is 0.778. The zero-order chi connectivity index (χ0) is 26.3. The third-order valence-electron chi connectivity index (χ3n) is 12.4. The van der Waals surface area contributed by atoms with Crippen LogP contribution in [-0.4, -0.2) is 0 Å². The molecule has 4 rings (SSSR count). The molecule has 0 aliphatic heterocycles. The molecule has 4 fully saturated rings. The van der Waals surface area contributed by atoms with Crippen molar-refractivity contribution in [2.75, 3.05) is 0 Å². The first kappa shape index (κ1) is 28.0. The van der Waals surface area contributed by atoms with E-state index in [4.69, 9.17) is 0 Å². The molecule has 0 N–H and O–H groups in total. The Morgan fingerprint density at radius 3 is 2.28 bits per heavy atom. The van der Waals surface area contributed by atoms with E-state index in [0.717, 1.165) is 35.2 Å². The van der Waals surface area contributed by atoms with E-state index in [0.29, 0.717) is 22.2 Å². The second-order valence-corrected chi connectivity index (χ2v) is 15.0. The Labute approximate surface area is 225 Å². The van der Waals surface area contributed by atoms with Crippen LogP contribution in [0.2, 0.25) is 0 Å². The van der Waals surface area contributed by atoms with Gasteiger partial charge in [-0.05, 0) is 142 Å². The average Bonchev–Trinajstić information content (AvgIpc) is 2.95. The topological polar surface area (TPSA) is 0 Å². The minimum atomic E-state index is 0.494. The molecule has 0 nitrogen and oxygen atoms in total. The van der Waals surface area contributed by atoms with Crippen molar-refractivity contribution < 1.29 is 0 Å². The minimum Gasteiger partial charge on any atom is -0.0985 e. The summed E-state index contributed by atoms with van der Waals surface area (Å²) in [5, 5.41) is 0. The zero-order valence-electron chi connectivity index (χ0n) is 25.1. The van der Waals surface area contributed by atoms with Gasteiger partial charge in [0.25, 0.3) is 0 Å². The second-order valence-electron chi connectivity index (χ2n) is 15.0. The molecular formula is C36H58. The first-order valence-corrected chi connectivity index (χ1v) is 15.6. The van der Waals surface area contributed by atoms with Gasteiger partial charge in [-0.2, -0.15) is 0 Å². The van der Waals surface area contributed by atoms with Crippen LogP contribution in [0.5, 0.6) is 0 Å². The molecule has 0 heterocycles. The highest BCUT2D eigenvalue weighted by atomic mass is 14.6. The Balaban J connectivity index is 1.56. The van der Waals surface area contributed by atoms with E-state index in [2.05, 4.69) is 73.8 Å². The summed E-state index contributed by atoms with van der Waals surface area (Å²) in [5.74, 6) is 5.17. The van der Waals surface area contributed by atoms with Crippen LogP contribution in [0.25, 0.3) is 0 Å². The first-order chi connectivity index (χ1) is 16.9. The molecule has 0 saturated heterocycles. The molecule has 0 radical (unpaired) electrons. The van der Waals surface area contributed by atoms with Gasteiger partial charge in [-0.3, -0.25) is 0 Å². The first-order valence-electron chi connectivity index (χ1n) is 15.6. The van der Waals surface area contributed by atoms with E-state index >= 15 is 0 Å². The molecule has 202 valence electrons. The maximum atomic E-state index is 4.17. The number of hydrogen-bond acceptors (Lipinski definition) is 0. The summed E-state index contributed by atoms with van der Waals surface area (Å²) in [6.45, 7) is 25.6. The molecular weight excluding hydrogens is 432 g/mol. The quantitative estimate of drug-likeness (QED) is 0.256. The van der Waals surface area contributed by atoms with Crippen molar-refractivity contribution in [1.82, 2.24) is 0 Å². The van der Waals surface area contributed by atoms with Crippen LogP contribution in [0, 0.1) is 51.8 Å². The van der Waals surface area contributed by atoms with Crippen LogP contribution >= 0.6 is 0 Å². The maximum Gasteiger partial charge on any atom is -0.0146 e. The Morgan fingerprint density at radius 2 is 1.61 bits per heavy atom. The monoisotopic (exact) mass is 490 g/mol. The van der Waals surface area contributed by atoms with Gasteiger partial charge in [0.2, 0.25) is 0 Å². The van der Waals surface area contributed by atoms with Crippen LogP contribution in [-0.2, 0) is 0 Å². The third-order valence-corrected chi connectivity index (χ3v) is 12.4. The Kier molecular flexibility index (Phi) is 8.25. The van der Waals surface area contributed by atoms with Gasteiger partial charge in [-0.25, -0.2) is 0 Å². The normalized spacial score (nSPS) is 41.8. The maximum absolute atomic E-state index is 4.17. The lowest BCUT2D eigenvalue weighted by atomic mass is 9.42. The highest BCUT2D eigenvalue weighted by Crippen LogP contribution is 2.67. The molecule has 8 atom stereocenters. The van der Waals surface area contributed by atoms with Crippen molar-refractivity contribution in [1.29, 1.82) is 0 Å². The van der Waals surface area contributed by atoms with E-state index in [9.17, 15) is 0 Å². The van der Waals surface area contributed by atoms with E-state index in [1.165, 1.54) is 82.6 Å². The second kappa shape index (κ2) is 10.6. The van der Waals surface area contributed by atoms with Crippen LogP contribution in [0.3, 0.4) is 0 Å². The van der Waals surface area contributed by atoms with Gasteiger partial charge in [0, 0.05) is 0 Å². The minimum absolute atomic E-state index is 0.494. The van der Waals surface area contributed by atoms with Gasteiger partial charge < -0.3 is 0 Å². The molecule has 4 aliphatic carbocycles.